The summed E-state index contributed by atoms with van der Waals surface area (Å²) < 4.78 is 13.9. The zero-order chi connectivity index (χ0) is 12.5. The molecule has 1 N–H and O–H groups in total. The summed E-state index contributed by atoms with van der Waals surface area (Å²) in [6, 6.07) is 1.56. The molecule has 0 aliphatic heterocycles. The molecule has 86 valence electrons. The molecule has 1 rings (SSSR count). The third kappa shape index (κ3) is 2.11. The molecule has 0 aliphatic carbocycles. The van der Waals surface area contributed by atoms with E-state index in [-0.39, 0.29) is 21.8 Å². The van der Waals surface area contributed by atoms with Gasteiger partial charge >= 0.3 is 5.69 Å². The Kier molecular flexibility index (Phi) is 3.74. The average Bonchev–Trinajstić information content (AvgIpc) is 2.24. The number of carbonyl (C=O) groups excluding carboxylic acids is 1. The molecule has 16 heavy (non-hydrogen) atoms. The fourth-order valence-electron chi connectivity index (χ4n) is 1.27. The fraction of sp³-hybridized carbons (Fsp3) is 0.300. The predicted molar refractivity (Wildman–Crippen MR) is 61.9 cm³/mol. The van der Waals surface area contributed by atoms with Gasteiger partial charge in [0.25, 0.3) is 0 Å². The fourth-order valence-corrected chi connectivity index (χ4v) is 1.58. The topological polar surface area (TPSA) is 51.4 Å². The van der Waals surface area contributed by atoms with Crippen molar-refractivity contribution in [2.24, 2.45) is 0 Å². The van der Waals surface area contributed by atoms with Crippen LogP contribution < -0.4 is 10.1 Å². The highest BCUT2D eigenvalue weighted by atomic mass is 79.9. The van der Waals surface area contributed by atoms with E-state index >= 15 is 0 Å². The Morgan fingerprint density at radius 3 is 2.56 bits per heavy atom. The molecule has 0 unspecified atom stereocenters. The molecule has 1 aromatic carbocycles. The Balaban J connectivity index is 3.50. The van der Waals surface area contributed by atoms with Crippen molar-refractivity contribution in [2.75, 3.05) is 11.9 Å². The minimum atomic E-state index is -0.696. The van der Waals surface area contributed by atoms with Crippen LogP contribution in [0.3, 0.4) is 0 Å². The van der Waals surface area contributed by atoms with Gasteiger partial charge in [-0.05, 0) is 34.5 Å². The standard InChI is InChI=1S/C10H10BrFN2O2/c1-5-4-7(14(3)6(2)15)10(13-16)9(12)8(5)11/h4H,1-3H3/p+1. The minimum absolute atomic E-state index is 0.214. The molecule has 4 nitrogen and oxygen atoms in total. The molecule has 0 saturated heterocycles. The smallest absolute Gasteiger partial charge is 0.310 e. The molecule has 0 aliphatic rings. The summed E-state index contributed by atoms with van der Waals surface area (Å²) in [5.74, 6) is -0.976. The van der Waals surface area contributed by atoms with Gasteiger partial charge in [0, 0.05) is 24.1 Å². The maximum atomic E-state index is 13.7. The van der Waals surface area contributed by atoms with Crippen molar-refractivity contribution in [2.45, 2.75) is 13.8 Å². The van der Waals surface area contributed by atoms with Crippen molar-refractivity contribution in [1.82, 2.24) is 0 Å². The number of halogens is 2. The summed E-state index contributed by atoms with van der Waals surface area (Å²) in [5.41, 5.74) is 0.593. The highest BCUT2D eigenvalue weighted by Gasteiger charge is 2.24. The molecule has 0 atom stereocenters. The van der Waals surface area contributed by atoms with Crippen LogP contribution in [0.15, 0.2) is 10.5 Å². The Labute approximate surface area is 101 Å². The number of nitrogens with zero attached hydrogens (tertiary/aromatic N) is 1. The summed E-state index contributed by atoms with van der Waals surface area (Å²) >= 11 is 3.03. The molecular weight excluding hydrogens is 279 g/mol. The van der Waals surface area contributed by atoms with E-state index in [1.165, 1.54) is 24.0 Å². The summed E-state index contributed by atoms with van der Waals surface area (Å²) in [7, 11) is 1.48. The molecular formula is C10H11BrFN2O2+. The van der Waals surface area contributed by atoms with Gasteiger partial charge in [-0.3, -0.25) is 4.79 Å². The highest BCUT2D eigenvalue weighted by Crippen LogP contribution is 2.32. The zero-order valence-corrected chi connectivity index (χ0v) is 10.7. The van der Waals surface area contributed by atoms with Gasteiger partial charge in [0.1, 0.15) is 5.69 Å². The number of nitroso groups, excluding NO2 is 1. The maximum Gasteiger partial charge on any atom is 0.313 e. The van der Waals surface area contributed by atoms with Gasteiger partial charge in [-0.2, -0.15) is 4.39 Å². The summed E-state index contributed by atoms with van der Waals surface area (Å²) in [6.45, 7) is 3.02. The third-order valence-electron chi connectivity index (χ3n) is 2.30. The number of carbonyl (C=O) groups is 1. The van der Waals surface area contributed by atoms with Gasteiger partial charge in [-0.15, -0.1) is 0 Å². The van der Waals surface area contributed by atoms with Gasteiger partial charge < -0.3 is 4.90 Å². The number of nitrogens with one attached hydrogen (secondary N) is 1. The highest BCUT2D eigenvalue weighted by molar-refractivity contribution is 9.10. The lowest BCUT2D eigenvalue weighted by atomic mass is 10.1. The number of hydrogen-bond acceptors (Lipinski definition) is 2. The Morgan fingerprint density at radius 1 is 1.56 bits per heavy atom. The lowest BCUT2D eigenvalue weighted by Crippen LogP contribution is -2.57. The van der Waals surface area contributed by atoms with Crippen LogP contribution in [0.4, 0.5) is 15.8 Å². The molecule has 0 aromatic heterocycles. The molecule has 0 spiro atoms. The van der Waals surface area contributed by atoms with Crippen molar-refractivity contribution in [3.63, 3.8) is 0 Å². The first-order valence-corrected chi connectivity index (χ1v) is 5.30. The number of anilines is 1. The number of aryl methyl sites for hydroxylation is 1. The first-order chi connectivity index (χ1) is 7.40. The van der Waals surface area contributed by atoms with Gasteiger partial charge in [0.15, 0.2) is 0 Å². The van der Waals surface area contributed by atoms with Crippen LogP contribution >= 0.6 is 15.9 Å². The van der Waals surface area contributed by atoms with Crippen LogP contribution in [0.1, 0.15) is 12.5 Å². The first-order valence-electron chi connectivity index (χ1n) is 4.51. The Morgan fingerprint density at radius 2 is 2.12 bits per heavy atom. The first kappa shape index (κ1) is 12.8. The molecule has 1 amide bonds. The van der Waals surface area contributed by atoms with Crippen LogP contribution in [-0.4, -0.2) is 13.0 Å². The minimum Gasteiger partial charge on any atom is -0.310 e. The van der Waals surface area contributed by atoms with Gasteiger partial charge in [0.2, 0.25) is 11.7 Å². The quantitative estimate of drug-likeness (QED) is 0.894. The van der Waals surface area contributed by atoms with E-state index in [1.54, 1.807) is 13.0 Å². The van der Waals surface area contributed by atoms with E-state index in [0.717, 1.165) is 0 Å². The van der Waals surface area contributed by atoms with Crippen molar-refractivity contribution in [1.29, 1.82) is 0 Å². The van der Waals surface area contributed by atoms with Crippen LogP contribution in [-0.2, 0) is 4.79 Å². The molecule has 0 radical (unpaired) electrons. The number of hydrogen-bond donors (Lipinski definition) is 1. The molecule has 0 heterocycles. The summed E-state index contributed by atoms with van der Waals surface area (Å²) in [5, 5.41) is 1.52. The third-order valence-corrected chi connectivity index (χ3v) is 3.28. The van der Waals surface area contributed by atoms with Gasteiger partial charge in [0.05, 0.1) is 4.47 Å². The van der Waals surface area contributed by atoms with Crippen LogP contribution in [0.25, 0.3) is 0 Å². The number of amides is 1. The van der Waals surface area contributed by atoms with Crippen LogP contribution in [0.5, 0.6) is 0 Å². The number of benzene rings is 1. The van der Waals surface area contributed by atoms with E-state index in [0.29, 0.717) is 5.56 Å². The molecule has 1 aromatic rings. The van der Waals surface area contributed by atoms with E-state index in [4.69, 9.17) is 0 Å². The lowest BCUT2D eigenvalue weighted by molar-refractivity contribution is -0.381. The van der Waals surface area contributed by atoms with Crippen molar-refractivity contribution < 1.29 is 14.4 Å². The van der Waals surface area contributed by atoms with E-state index in [1.807, 2.05) is 0 Å². The second kappa shape index (κ2) is 4.69. The van der Waals surface area contributed by atoms with Crippen molar-refractivity contribution in [3.05, 3.63) is 26.8 Å². The molecule has 6 heteroatoms. The summed E-state index contributed by atoms with van der Waals surface area (Å²) in [4.78, 5) is 23.1. The monoisotopic (exact) mass is 289 g/mol. The average molecular weight is 290 g/mol. The molecule has 0 fully saturated rings. The second-order valence-electron chi connectivity index (χ2n) is 3.40. The Bertz CT molecular complexity index is 463. The number of rotatable bonds is 2. The predicted octanol–water partition coefficient (Wildman–Crippen LogP) is 1.36. The summed E-state index contributed by atoms with van der Waals surface area (Å²) in [6.07, 6.45) is 0. The van der Waals surface area contributed by atoms with Crippen LogP contribution in [0.2, 0.25) is 0 Å². The van der Waals surface area contributed by atoms with E-state index in [2.05, 4.69) is 15.9 Å². The SMILES string of the molecule is CC(=O)N(C)c1cc(C)c(Br)c(F)c1[NH+]=O. The van der Waals surface area contributed by atoms with E-state index < -0.39 is 5.82 Å². The maximum absolute atomic E-state index is 13.7. The van der Waals surface area contributed by atoms with E-state index in [9.17, 15) is 14.1 Å². The van der Waals surface area contributed by atoms with Crippen molar-refractivity contribution in [3.8, 4) is 0 Å². The van der Waals surface area contributed by atoms with Gasteiger partial charge in [-0.25, -0.2) is 0 Å². The molecule has 0 bridgehead atoms. The Hall–Kier alpha value is -1.30. The normalized spacial score (nSPS) is 10.1. The lowest BCUT2D eigenvalue weighted by Gasteiger charge is -2.15. The largest absolute Gasteiger partial charge is 0.313 e. The van der Waals surface area contributed by atoms with Crippen LogP contribution in [0, 0.1) is 17.6 Å². The van der Waals surface area contributed by atoms with Crippen molar-refractivity contribution >= 4 is 33.2 Å². The zero-order valence-electron chi connectivity index (χ0n) is 9.10. The van der Waals surface area contributed by atoms with Gasteiger partial charge in [-0.1, -0.05) is 0 Å². The molecule has 0 saturated carbocycles. The second-order valence-corrected chi connectivity index (χ2v) is 4.19.